The highest BCUT2D eigenvalue weighted by molar-refractivity contribution is 5.78. The topological polar surface area (TPSA) is 44.4 Å². The van der Waals surface area contributed by atoms with Crippen molar-refractivity contribution in [2.75, 3.05) is 13.6 Å². The number of amides is 1. The minimum absolute atomic E-state index is 0.0233. The minimum Gasteiger partial charge on any atom is -0.348 e. The number of hydrogen-bond donors (Lipinski definition) is 2. The van der Waals surface area contributed by atoms with Gasteiger partial charge in [-0.1, -0.05) is 12.1 Å². The number of carbonyl (C=O) groups excluding carboxylic acids is 1. The molecule has 2 saturated heterocycles. The summed E-state index contributed by atoms with van der Waals surface area (Å²) in [5.41, 5.74) is 0.919. The lowest BCUT2D eigenvalue weighted by Gasteiger charge is -2.35. The van der Waals surface area contributed by atoms with Crippen LogP contribution in [-0.4, -0.2) is 42.5 Å². The SMILES string of the molecule is CC(NC(=O)CN(C)C1CC2CCC(C1)N2)c1ccc(F)cc1. The van der Waals surface area contributed by atoms with E-state index in [0.29, 0.717) is 24.7 Å². The van der Waals surface area contributed by atoms with Crippen molar-refractivity contribution in [1.82, 2.24) is 15.5 Å². The quantitative estimate of drug-likeness (QED) is 0.875. The van der Waals surface area contributed by atoms with Gasteiger partial charge in [0, 0.05) is 18.1 Å². The lowest BCUT2D eigenvalue weighted by Crippen LogP contribution is -2.49. The zero-order chi connectivity index (χ0) is 16.4. The van der Waals surface area contributed by atoms with Crippen molar-refractivity contribution in [2.45, 2.75) is 56.8 Å². The van der Waals surface area contributed by atoms with Crippen molar-refractivity contribution in [3.63, 3.8) is 0 Å². The molecule has 2 bridgehead atoms. The smallest absolute Gasteiger partial charge is 0.234 e. The van der Waals surface area contributed by atoms with Gasteiger partial charge in [-0.25, -0.2) is 4.39 Å². The molecule has 0 aromatic heterocycles. The number of fused-ring (bicyclic) bond motifs is 2. The van der Waals surface area contributed by atoms with E-state index in [-0.39, 0.29) is 17.8 Å². The molecule has 4 nitrogen and oxygen atoms in total. The van der Waals surface area contributed by atoms with Crippen molar-refractivity contribution < 1.29 is 9.18 Å². The maximum absolute atomic E-state index is 13.0. The summed E-state index contributed by atoms with van der Waals surface area (Å²) in [6.07, 6.45) is 4.80. The van der Waals surface area contributed by atoms with Gasteiger partial charge >= 0.3 is 0 Å². The van der Waals surface area contributed by atoms with Crippen LogP contribution in [0.2, 0.25) is 0 Å². The Labute approximate surface area is 137 Å². The van der Waals surface area contributed by atoms with Crippen molar-refractivity contribution in [1.29, 1.82) is 0 Å². The Hall–Kier alpha value is -1.46. The molecule has 1 amide bonds. The van der Waals surface area contributed by atoms with Crippen molar-refractivity contribution in [3.05, 3.63) is 35.6 Å². The first-order valence-electron chi connectivity index (χ1n) is 8.52. The van der Waals surface area contributed by atoms with Gasteiger partial charge in [-0.3, -0.25) is 9.69 Å². The third-order valence-corrected chi connectivity index (χ3v) is 5.21. The first kappa shape index (κ1) is 16.4. The van der Waals surface area contributed by atoms with E-state index in [0.717, 1.165) is 18.4 Å². The molecule has 0 spiro atoms. The summed E-state index contributed by atoms with van der Waals surface area (Å²) in [6, 6.07) is 7.92. The van der Waals surface area contributed by atoms with E-state index in [1.54, 1.807) is 12.1 Å². The van der Waals surface area contributed by atoms with Crippen LogP contribution in [0.4, 0.5) is 4.39 Å². The van der Waals surface area contributed by atoms with Gasteiger partial charge in [0.25, 0.3) is 0 Å². The molecule has 0 aliphatic carbocycles. The van der Waals surface area contributed by atoms with Crippen LogP contribution < -0.4 is 10.6 Å². The number of nitrogens with zero attached hydrogens (tertiary/aromatic N) is 1. The minimum atomic E-state index is -0.257. The lowest BCUT2D eigenvalue weighted by molar-refractivity contribution is -0.123. The highest BCUT2D eigenvalue weighted by Crippen LogP contribution is 2.29. The van der Waals surface area contributed by atoms with Gasteiger partial charge in [-0.15, -0.1) is 0 Å². The molecule has 0 saturated carbocycles. The Kier molecular flexibility index (Phi) is 4.97. The second-order valence-electron chi connectivity index (χ2n) is 7.02. The summed E-state index contributed by atoms with van der Waals surface area (Å²) in [5.74, 6) is -0.234. The van der Waals surface area contributed by atoms with Crippen LogP contribution in [0.5, 0.6) is 0 Å². The van der Waals surface area contributed by atoms with Gasteiger partial charge in [0.05, 0.1) is 12.6 Å². The van der Waals surface area contributed by atoms with Crippen molar-refractivity contribution in [3.8, 4) is 0 Å². The second-order valence-corrected chi connectivity index (χ2v) is 7.02. The summed E-state index contributed by atoms with van der Waals surface area (Å²) in [6.45, 7) is 2.34. The monoisotopic (exact) mass is 319 g/mol. The molecule has 2 N–H and O–H groups in total. The summed E-state index contributed by atoms with van der Waals surface area (Å²) in [5, 5.41) is 6.63. The van der Waals surface area contributed by atoms with E-state index < -0.39 is 0 Å². The average Bonchev–Trinajstić information content (AvgIpc) is 2.85. The van der Waals surface area contributed by atoms with Crippen molar-refractivity contribution >= 4 is 5.91 Å². The molecule has 5 heteroatoms. The molecule has 2 aliphatic rings. The van der Waals surface area contributed by atoms with Gasteiger partial charge in [0.1, 0.15) is 5.82 Å². The molecular formula is C18H26FN3O. The molecule has 3 unspecified atom stereocenters. The van der Waals surface area contributed by atoms with E-state index in [1.807, 2.05) is 14.0 Å². The fourth-order valence-corrected chi connectivity index (χ4v) is 3.86. The van der Waals surface area contributed by atoms with Crippen molar-refractivity contribution in [2.24, 2.45) is 0 Å². The summed E-state index contributed by atoms with van der Waals surface area (Å²) >= 11 is 0. The Bertz CT molecular complexity index is 536. The fraction of sp³-hybridized carbons (Fsp3) is 0.611. The third kappa shape index (κ3) is 4.09. The molecule has 2 aliphatic heterocycles. The Morgan fingerprint density at radius 1 is 1.30 bits per heavy atom. The first-order chi connectivity index (χ1) is 11.0. The van der Waals surface area contributed by atoms with Crippen LogP contribution >= 0.6 is 0 Å². The van der Waals surface area contributed by atoms with E-state index >= 15 is 0 Å². The number of likely N-dealkylation sites (N-methyl/N-ethyl adjacent to an activating group) is 1. The van der Waals surface area contributed by atoms with Crippen LogP contribution in [0, 0.1) is 5.82 Å². The number of halogens is 1. The maximum atomic E-state index is 13.0. The average molecular weight is 319 g/mol. The number of benzene rings is 1. The standard InChI is InChI=1S/C18H26FN3O/c1-12(13-3-5-14(19)6-4-13)20-18(23)11-22(2)17-9-15-7-8-16(10-17)21-15/h3-6,12,15-17,21H,7-11H2,1-2H3,(H,20,23). The van der Waals surface area contributed by atoms with Crippen LogP contribution in [-0.2, 0) is 4.79 Å². The Balaban J connectivity index is 1.49. The number of nitrogens with one attached hydrogen (secondary N) is 2. The van der Waals surface area contributed by atoms with Crippen LogP contribution in [0.15, 0.2) is 24.3 Å². The molecule has 1 aromatic rings. The summed E-state index contributed by atoms with van der Waals surface area (Å²) in [7, 11) is 2.04. The zero-order valence-electron chi connectivity index (χ0n) is 13.9. The molecule has 126 valence electrons. The molecule has 3 rings (SSSR count). The van der Waals surface area contributed by atoms with Crippen LogP contribution in [0.3, 0.4) is 0 Å². The largest absolute Gasteiger partial charge is 0.348 e. The molecule has 23 heavy (non-hydrogen) atoms. The van der Waals surface area contributed by atoms with Gasteiger partial charge < -0.3 is 10.6 Å². The fourth-order valence-electron chi connectivity index (χ4n) is 3.86. The van der Waals surface area contributed by atoms with E-state index in [2.05, 4.69) is 15.5 Å². The van der Waals surface area contributed by atoms with E-state index in [1.165, 1.54) is 25.0 Å². The van der Waals surface area contributed by atoms with Gasteiger partial charge in [0.15, 0.2) is 0 Å². The molecular weight excluding hydrogens is 293 g/mol. The summed E-state index contributed by atoms with van der Waals surface area (Å²) < 4.78 is 13.0. The van der Waals surface area contributed by atoms with Gasteiger partial charge in [-0.05, 0) is 57.4 Å². The number of carbonyl (C=O) groups is 1. The maximum Gasteiger partial charge on any atom is 0.234 e. The predicted octanol–water partition coefficient (Wildman–Crippen LogP) is 2.22. The third-order valence-electron chi connectivity index (χ3n) is 5.21. The van der Waals surface area contributed by atoms with E-state index in [9.17, 15) is 9.18 Å². The highest BCUT2D eigenvalue weighted by Gasteiger charge is 2.35. The number of piperidine rings is 1. The van der Waals surface area contributed by atoms with E-state index in [4.69, 9.17) is 0 Å². The molecule has 0 radical (unpaired) electrons. The normalized spacial score (nSPS) is 27.9. The van der Waals surface area contributed by atoms with Gasteiger partial charge in [0.2, 0.25) is 5.91 Å². The van der Waals surface area contributed by atoms with Gasteiger partial charge in [-0.2, -0.15) is 0 Å². The lowest BCUT2D eigenvalue weighted by atomic mass is 9.98. The highest BCUT2D eigenvalue weighted by atomic mass is 19.1. The molecule has 2 heterocycles. The Morgan fingerprint density at radius 3 is 2.52 bits per heavy atom. The molecule has 2 fully saturated rings. The zero-order valence-corrected chi connectivity index (χ0v) is 13.9. The number of rotatable bonds is 5. The van der Waals surface area contributed by atoms with Crippen LogP contribution in [0.25, 0.3) is 0 Å². The molecule has 3 atom stereocenters. The first-order valence-corrected chi connectivity index (χ1v) is 8.52. The molecule has 1 aromatic carbocycles. The number of hydrogen-bond acceptors (Lipinski definition) is 3. The summed E-state index contributed by atoms with van der Waals surface area (Å²) in [4.78, 5) is 14.5. The predicted molar refractivity (Wildman–Crippen MR) is 88.6 cm³/mol. The Morgan fingerprint density at radius 2 is 1.91 bits per heavy atom. The van der Waals surface area contributed by atoms with Crippen LogP contribution in [0.1, 0.15) is 44.2 Å². The second kappa shape index (κ2) is 6.97.